The molecule has 0 aliphatic carbocycles. The highest BCUT2D eigenvalue weighted by atomic mass is 79.9. The molecular weight excluding hydrogens is 406 g/mol. The molecule has 0 radical (unpaired) electrons. The van der Waals surface area contributed by atoms with Gasteiger partial charge in [-0.25, -0.2) is 0 Å². The Labute approximate surface area is 167 Å². The number of methoxy groups -OCH3 is 1. The molecule has 2 aromatic carbocycles. The number of aliphatic carboxylic acids is 1. The summed E-state index contributed by atoms with van der Waals surface area (Å²) in [6.07, 6.45) is 0.0719. The van der Waals surface area contributed by atoms with Crippen LogP contribution in [0.15, 0.2) is 46.9 Å². The number of fused-ring (bicyclic) bond motifs is 1. The first-order valence-corrected chi connectivity index (χ1v) is 9.66. The first kappa shape index (κ1) is 19.5. The van der Waals surface area contributed by atoms with Gasteiger partial charge in [-0.05, 0) is 48.4 Å². The van der Waals surface area contributed by atoms with Crippen LogP contribution in [0.25, 0.3) is 10.9 Å². The zero-order chi connectivity index (χ0) is 19.8. The van der Waals surface area contributed by atoms with E-state index in [1.807, 2.05) is 38.1 Å². The van der Waals surface area contributed by atoms with Crippen molar-refractivity contribution in [1.82, 2.24) is 4.57 Å². The van der Waals surface area contributed by atoms with Crippen LogP contribution in [0, 0.1) is 6.92 Å². The van der Waals surface area contributed by atoms with Crippen LogP contribution in [-0.2, 0) is 16.8 Å². The number of carbonyl (C=O) groups is 1. The summed E-state index contributed by atoms with van der Waals surface area (Å²) in [5.41, 5.74) is 3.94. The molecule has 3 rings (SSSR count). The minimum atomic E-state index is -0.795. The third-order valence-corrected chi connectivity index (χ3v) is 5.58. The Morgan fingerprint density at radius 3 is 2.44 bits per heavy atom. The molecule has 0 unspecified atom stereocenters. The van der Waals surface area contributed by atoms with Crippen molar-refractivity contribution in [1.29, 1.82) is 0 Å². The number of ether oxygens (including phenoxy) is 1. The van der Waals surface area contributed by atoms with Gasteiger partial charge < -0.3 is 14.4 Å². The van der Waals surface area contributed by atoms with Crippen molar-refractivity contribution in [3.63, 3.8) is 0 Å². The van der Waals surface area contributed by atoms with Gasteiger partial charge in [0.05, 0.1) is 13.5 Å². The molecule has 142 valence electrons. The lowest BCUT2D eigenvalue weighted by molar-refractivity contribution is -0.138. The zero-order valence-corrected chi connectivity index (χ0v) is 17.6. The number of benzene rings is 2. The Bertz CT molecular complexity index is 987. The van der Waals surface area contributed by atoms with E-state index < -0.39 is 11.4 Å². The summed E-state index contributed by atoms with van der Waals surface area (Å²) in [5, 5.41) is 10.5. The minimum absolute atomic E-state index is 0.0719. The number of carboxylic acid groups (broad SMARTS) is 1. The average molecular weight is 430 g/mol. The highest BCUT2D eigenvalue weighted by molar-refractivity contribution is 9.10. The van der Waals surface area contributed by atoms with Gasteiger partial charge in [-0.1, -0.05) is 41.9 Å². The standard InChI is InChI=1S/C22H24BrNO3/c1-14-21(22(2,3)12-20(25)26)18-11-17(27-4)9-10-19(18)24(14)13-15-5-7-16(23)8-6-15/h5-11H,12-13H2,1-4H3,(H,25,26). The van der Waals surface area contributed by atoms with Crippen LogP contribution in [-0.4, -0.2) is 22.8 Å². The Morgan fingerprint density at radius 2 is 1.85 bits per heavy atom. The van der Waals surface area contributed by atoms with Gasteiger partial charge in [0.15, 0.2) is 0 Å². The predicted octanol–water partition coefficient (Wildman–Crippen LogP) is 5.52. The number of carboxylic acids is 1. The number of hydrogen-bond donors (Lipinski definition) is 1. The van der Waals surface area contributed by atoms with Crippen LogP contribution in [0.4, 0.5) is 0 Å². The normalized spacial score (nSPS) is 11.7. The highest BCUT2D eigenvalue weighted by Gasteiger charge is 2.31. The summed E-state index contributed by atoms with van der Waals surface area (Å²) in [6, 6.07) is 14.3. The lowest BCUT2D eigenvalue weighted by Gasteiger charge is -2.24. The summed E-state index contributed by atoms with van der Waals surface area (Å²) in [5.74, 6) is -0.0215. The van der Waals surface area contributed by atoms with Crippen LogP contribution in [0.1, 0.15) is 37.1 Å². The second-order valence-electron chi connectivity index (χ2n) is 7.51. The molecule has 0 fully saturated rings. The third kappa shape index (κ3) is 3.88. The van der Waals surface area contributed by atoms with Crippen LogP contribution in [0.3, 0.4) is 0 Å². The van der Waals surface area contributed by atoms with Crippen molar-refractivity contribution in [2.75, 3.05) is 7.11 Å². The van der Waals surface area contributed by atoms with Gasteiger partial charge in [0, 0.05) is 33.0 Å². The van der Waals surface area contributed by atoms with E-state index in [-0.39, 0.29) is 6.42 Å². The number of rotatable bonds is 6. The second kappa shape index (κ2) is 7.39. The Balaban J connectivity index is 2.20. The molecule has 0 saturated carbocycles. The molecule has 0 atom stereocenters. The molecule has 1 N–H and O–H groups in total. The van der Waals surface area contributed by atoms with E-state index in [9.17, 15) is 9.90 Å². The number of halogens is 1. The molecular formula is C22H24BrNO3. The first-order chi connectivity index (χ1) is 12.7. The second-order valence-corrected chi connectivity index (χ2v) is 8.43. The van der Waals surface area contributed by atoms with Crippen molar-refractivity contribution in [3.8, 4) is 5.75 Å². The van der Waals surface area contributed by atoms with Gasteiger partial charge in [-0.3, -0.25) is 4.79 Å². The van der Waals surface area contributed by atoms with Crippen LogP contribution >= 0.6 is 15.9 Å². The van der Waals surface area contributed by atoms with Gasteiger partial charge in [-0.15, -0.1) is 0 Å². The van der Waals surface area contributed by atoms with Gasteiger partial charge in [0.1, 0.15) is 5.75 Å². The van der Waals surface area contributed by atoms with E-state index in [1.165, 1.54) is 5.56 Å². The van der Waals surface area contributed by atoms with Crippen LogP contribution in [0.5, 0.6) is 5.75 Å². The average Bonchev–Trinajstić information content (AvgIpc) is 2.87. The van der Waals surface area contributed by atoms with Gasteiger partial charge >= 0.3 is 5.97 Å². The van der Waals surface area contributed by atoms with E-state index in [4.69, 9.17) is 4.74 Å². The van der Waals surface area contributed by atoms with Crippen molar-refractivity contribution in [3.05, 3.63) is 63.8 Å². The monoisotopic (exact) mass is 429 g/mol. The summed E-state index contributed by atoms with van der Waals surface area (Å²) >= 11 is 3.48. The number of aromatic nitrogens is 1. The molecule has 4 nitrogen and oxygen atoms in total. The predicted molar refractivity (Wildman–Crippen MR) is 112 cm³/mol. The molecule has 0 bridgehead atoms. The molecule has 1 heterocycles. The molecule has 1 aromatic heterocycles. The summed E-state index contributed by atoms with van der Waals surface area (Å²) < 4.78 is 8.73. The molecule has 0 amide bonds. The van der Waals surface area contributed by atoms with Crippen molar-refractivity contribution in [2.45, 2.75) is 39.2 Å². The largest absolute Gasteiger partial charge is 0.497 e. The fraction of sp³-hybridized carbons (Fsp3) is 0.318. The molecule has 0 aliphatic rings. The van der Waals surface area contributed by atoms with E-state index in [1.54, 1.807) is 7.11 Å². The number of nitrogens with zero attached hydrogens (tertiary/aromatic N) is 1. The van der Waals surface area contributed by atoms with Gasteiger partial charge in [0.25, 0.3) is 0 Å². The van der Waals surface area contributed by atoms with E-state index >= 15 is 0 Å². The summed E-state index contributed by atoms with van der Waals surface area (Å²) in [6.45, 7) is 6.79. The maximum atomic E-state index is 11.5. The van der Waals surface area contributed by atoms with Gasteiger partial charge in [0.2, 0.25) is 0 Å². The molecule has 0 aliphatic heterocycles. The number of hydrogen-bond acceptors (Lipinski definition) is 2. The first-order valence-electron chi connectivity index (χ1n) is 8.86. The highest BCUT2D eigenvalue weighted by Crippen LogP contribution is 2.39. The fourth-order valence-electron chi connectivity index (χ4n) is 3.89. The van der Waals surface area contributed by atoms with E-state index in [2.05, 4.69) is 45.6 Å². The Hall–Kier alpha value is -2.27. The topological polar surface area (TPSA) is 51.5 Å². The van der Waals surface area contributed by atoms with Crippen LogP contribution < -0.4 is 4.74 Å². The molecule has 27 heavy (non-hydrogen) atoms. The van der Waals surface area contributed by atoms with Crippen molar-refractivity contribution in [2.24, 2.45) is 0 Å². The third-order valence-electron chi connectivity index (χ3n) is 5.05. The fourth-order valence-corrected chi connectivity index (χ4v) is 4.15. The lowest BCUT2D eigenvalue weighted by Crippen LogP contribution is -2.22. The maximum absolute atomic E-state index is 11.5. The van der Waals surface area contributed by atoms with E-state index in [0.29, 0.717) is 0 Å². The maximum Gasteiger partial charge on any atom is 0.304 e. The molecule has 0 spiro atoms. The van der Waals surface area contributed by atoms with Gasteiger partial charge in [-0.2, -0.15) is 0 Å². The summed E-state index contributed by atoms with van der Waals surface area (Å²) in [7, 11) is 1.65. The zero-order valence-electron chi connectivity index (χ0n) is 16.0. The van der Waals surface area contributed by atoms with Crippen molar-refractivity contribution < 1.29 is 14.6 Å². The smallest absolute Gasteiger partial charge is 0.304 e. The van der Waals surface area contributed by atoms with E-state index in [0.717, 1.165) is 38.9 Å². The molecule has 5 heteroatoms. The van der Waals surface area contributed by atoms with Crippen LogP contribution in [0.2, 0.25) is 0 Å². The minimum Gasteiger partial charge on any atom is -0.497 e. The SMILES string of the molecule is COc1ccc2c(c1)c(C(C)(C)CC(=O)O)c(C)n2Cc1ccc(Br)cc1. The molecule has 0 saturated heterocycles. The van der Waals surface area contributed by atoms with Crippen molar-refractivity contribution >= 4 is 32.8 Å². The lowest BCUT2D eigenvalue weighted by atomic mass is 9.80. The Morgan fingerprint density at radius 1 is 1.19 bits per heavy atom. The molecule has 3 aromatic rings. The quantitative estimate of drug-likeness (QED) is 0.560. The summed E-state index contributed by atoms with van der Waals surface area (Å²) in [4.78, 5) is 11.5. The Kier molecular flexibility index (Phi) is 5.33.